The Morgan fingerprint density at radius 2 is 1.65 bits per heavy atom. The van der Waals surface area contributed by atoms with E-state index < -0.39 is 0 Å². The van der Waals surface area contributed by atoms with E-state index in [1.54, 1.807) is 0 Å². The summed E-state index contributed by atoms with van der Waals surface area (Å²) in [6.07, 6.45) is 6.29. The van der Waals surface area contributed by atoms with Gasteiger partial charge in [0.15, 0.2) is 5.96 Å². The lowest BCUT2D eigenvalue weighted by molar-refractivity contribution is 0.0487. The van der Waals surface area contributed by atoms with Gasteiger partial charge in [0.1, 0.15) is 0 Å². The first-order chi connectivity index (χ1) is 12.1. The zero-order chi connectivity index (χ0) is 18.4. The number of aliphatic imine (C=N–C) groups is 1. The predicted molar refractivity (Wildman–Crippen MR) is 121 cm³/mol. The number of rotatable bonds is 12. The summed E-state index contributed by atoms with van der Waals surface area (Å²) >= 11 is 0. The number of guanidine groups is 1. The average Bonchev–Trinajstić information content (AvgIpc) is 2.63. The van der Waals surface area contributed by atoms with Gasteiger partial charge in [0.05, 0.1) is 19.8 Å². The van der Waals surface area contributed by atoms with Crippen molar-refractivity contribution in [3.63, 3.8) is 0 Å². The van der Waals surface area contributed by atoms with Gasteiger partial charge in [0.25, 0.3) is 0 Å². The van der Waals surface area contributed by atoms with E-state index in [0.717, 1.165) is 32.1 Å². The van der Waals surface area contributed by atoms with Crippen molar-refractivity contribution in [2.24, 2.45) is 4.99 Å². The first-order valence-corrected chi connectivity index (χ1v) is 9.95. The second-order valence-electron chi connectivity index (χ2n) is 7.29. The molecule has 0 aromatic carbocycles. The number of nitrogens with one attached hydrogen (secondary N) is 2. The summed E-state index contributed by atoms with van der Waals surface area (Å²) in [7, 11) is 1.81. The number of halogens is 1. The van der Waals surface area contributed by atoms with E-state index in [1.165, 1.54) is 38.8 Å². The van der Waals surface area contributed by atoms with E-state index >= 15 is 0 Å². The molecule has 1 saturated heterocycles. The van der Waals surface area contributed by atoms with Crippen molar-refractivity contribution < 1.29 is 9.47 Å². The normalized spacial score (nSPS) is 16.2. The minimum atomic E-state index is 0. The Morgan fingerprint density at radius 3 is 2.27 bits per heavy atom. The first kappa shape index (κ1) is 25.9. The molecule has 1 heterocycles. The smallest absolute Gasteiger partial charge is 0.191 e. The highest BCUT2D eigenvalue weighted by Gasteiger charge is 2.27. The molecule has 0 radical (unpaired) electrons. The molecule has 1 aliphatic heterocycles. The van der Waals surface area contributed by atoms with E-state index in [-0.39, 0.29) is 29.5 Å². The molecule has 0 saturated carbocycles. The first-order valence-electron chi connectivity index (χ1n) is 9.95. The Hall–Kier alpha value is -0.120. The van der Waals surface area contributed by atoms with Crippen LogP contribution < -0.4 is 10.6 Å². The van der Waals surface area contributed by atoms with E-state index in [1.807, 2.05) is 7.05 Å². The van der Waals surface area contributed by atoms with Gasteiger partial charge >= 0.3 is 0 Å². The molecule has 1 aliphatic rings. The van der Waals surface area contributed by atoms with Crippen molar-refractivity contribution >= 4 is 29.9 Å². The summed E-state index contributed by atoms with van der Waals surface area (Å²) in [5.74, 6) is 0.841. The standard InChI is InChI=1S/C19H40N4O2.HI/c1-5-6-13-24-15-16-25-14-10-21-18(20-4)22-17-19(2,3)23-11-8-7-9-12-23;/h5-17H2,1-4H3,(H2,20,21,22);1H. The number of hydrogen-bond donors (Lipinski definition) is 2. The van der Waals surface area contributed by atoms with Crippen molar-refractivity contribution in [1.82, 2.24) is 15.5 Å². The maximum atomic E-state index is 5.57. The fourth-order valence-electron chi connectivity index (χ4n) is 2.94. The molecule has 6 nitrogen and oxygen atoms in total. The summed E-state index contributed by atoms with van der Waals surface area (Å²) in [6, 6.07) is 0. The molecule has 0 aromatic rings. The van der Waals surface area contributed by atoms with Crippen LogP contribution in [-0.2, 0) is 9.47 Å². The van der Waals surface area contributed by atoms with Crippen molar-refractivity contribution in [3.05, 3.63) is 0 Å². The number of ether oxygens (including phenoxy) is 2. The maximum Gasteiger partial charge on any atom is 0.191 e. The van der Waals surface area contributed by atoms with Crippen LogP contribution in [0.15, 0.2) is 4.99 Å². The van der Waals surface area contributed by atoms with E-state index in [9.17, 15) is 0 Å². The molecule has 7 heteroatoms. The van der Waals surface area contributed by atoms with Crippen molar-refractivity contribution in [3.8, 4) is 0 Å². The van der Waals surface area contributed by atoms with Crippen LogP contribution in [0.3, 0.4) is 0 Å². The van der Waals surface area contributed by atoms with Crippen LogP contribution in [-0.4, -0.2) is 76.1 Å². The zero-order valence-corrected chi connectivity index (χ0v) is 19.6. The van der Waals surface area contributed by atoms with Gasteiger partial charge in [-0.25, -0.2) is 0 Å². The minimum Gasteiger partial charge on any atom is -0.379 e. The van der Waals surface area contributed by atoms with Gasteiger partial charge in [-0.1, -0.05) is 19.8 Å². The van der Waals surface area contributed by atoms with Gasteiger partial charge < -0.3 is 20.1 Å². The molecular formula is C19H41IN4O2. The monoisotopic (exact) mass is 484 g/mol. The summed E-state index contributed by atoms with van der Waals surface area (Å²) in [4.78, 5) is 6.88. The Labute approximate surface area is 177 Å². The number of nitrogens with zero attached hydrogens (tertiary/aromatic N) is 2. The Kier molecular flexibility index (Phi) is 15.8. The highest BCUT2D eigenvalue weighted by Crippen LogP contribution is 2.19. The number of likely N-dealkylation sites (tertiary alicyclic amines) is 1. The molecule has 1 rings (SSSR count). The van der Waals surface area contributed by atoms with E-state index in [2.05, 4.69) is 41.3 Å². The molecule has 0 aromatic heterocycles. The van der Waals surface area contributed by atoms with Crippen LogP contribution in [0.4, 0.5) is 0 Å². The van der Waals surface area contributed by atoms with Crippen LogP contribution in [0.1, 0.15) is 52.9 Å². The minimum absolute atomic E-state index is 0. The Bertz CT molecular complexity index is 361. The van der Waals surface area contributed by atoms with Gasteiger partial charge in [0, 0.05) is 32.3 Å². The molecule has 26 heavy (non-hydrogen) atoms. The van der Waals surface area contributed by atoms with Crippen LogP contribution in [0.25, 0.3) is 0 Å². The summed E-state index contributed by atoms with van der Waals surface area (Å²) < 4.78 is 11.0. The van der Waals surface area contributed by atoms with Gasteiger partial charge in [-0.15, -0.1) is 24.0 Å². The Morgan fingerprint density at radius 1 is 1.00 bits per heavy atom. The number of piperidine rings is 1. The van der Waals surface area contributed by atoms with Gasteiger partial charge in [-0.2, -0.15) is 0 Å². The van der Waals surface area contributed by atoms with Crippen LogP contribution in [0.5, 0.6) is 0 Å². The molecule has 0 bridgehead atoms. The van der Waals surface area contributed by atoms with E-state index in [4.69, 9.17) is 9.47 Å². The van der Waals surface area contributed by atoms with Gasteiger partial charge in [-0.3, -0.25) is 9.89 Å². The molecule has 0 atom stereocenters. The molecule has 0 aliphatic carbocycles. The van der Waals surface area contributed by atoms with E-state index in [0.29, 0.717) is 19.8 Å². The van der Waals surface area contributed by atoms with Gasteiger partial charge in [-0.05, 0) is 46.2 Å². The summed E-state index contributed by atoms with van der Waals surface area (Å²) in [5.41, 5.74) is 0.143. The molecule has 1 fully saturated rings. The number of hydrogen-bond acceptors (Lipinski definition) is 4. The van der Waals surface area contributed by atoms with Crippen LogP contribution >= 0.6 is 24.0 Å². The quantitative estimate of drug-likeness (QED) is 0.193. The van der Waals surface area contributed by atoms with Crippen molar-refractivity contribution in [2.75, 3.05) is 59.7 Å². The van der Waals surface area contributed by atoms with Crippen LogP contribution in [0.2, 0.25) is 0 Å². The highest BCUT2D eigenvalue weighted by molar-refractivity contribution is 14.0. The second-order valence-corrected chi connectivity index (χ2v) is 7.29. The third-order valence-corrected chi connectivity index (χ3v) is 4.68. The zero-order valence-electron chi connectivity index (χ0n) is 17.3. The lowest BCUT2D eigenvalue weighted by atomic mass is 9.98. The van der Waals surface area contributed by atoms with Crippen molar-refractivity contribution in [2.45, 2.75) is 58.4 Å². The Balaban J connectivity index is 0.00000625. The molecule has 156 valence electrons. The predicted octanol–water partition coefficient (Wildman–Crippen LogP) is 2.87. The third kappa shape index (κ3) is 11.6. The largest absolute Gasteiger partial charge is 0.379 e. The second kappa shape index (κ2) is 15.9. The highest BCUT2D eigenvalue weighted by atomic mass is 127. The third-order valence-electron chi connectivity index (χ3n) is 4.68. The van der Waals surface area contributed by atoms with Crippen LogP contribution in [0, 0.1) is 0 Å². The summed E-state index contributed by atoms with van der Waals surface area (Å²) in [6.45, 7) is 13.6. The molecule has 0 amide bonds. The molecule has 0 spiro atoms. The topological polar surface area (TPSA) is 58.1 Å². The molecule has 0 unspecified atom stereocenters. The van der Waals surface area contributed by atoms with Crippen molar-refractivity contribution in [1.29, 1.82) is 0 Å². The fraction of sp³-hybridized carbons (Fsp3) is 0.947. The fourth-order valence-corrected chi connectivity index (χ4v) is 2.94. The molecular weight excluding hydrogens is 443 g/mol. The maximum absolute atomic E-state index is 5.57. The van der Waals surface area contributed by atoms with Gasteiger partial charge in [0.2, 0.25) is 0 Å². The SMILES string of the molecule is CCCCOCCOCCNC(=NC)NCC(C)(C)N1CCCCC1.I. The number of unbranched alkanes of at least 4 members (excludes halogenated alkanes) is 1. The summed E-state index contributed by atoms with van der Waals surface area (Å²) in [5, 5.41) is 6.76. The molecule has 2 N–H and O–H groups in total. The average molecular weight is 484 g/mol. The lowest BCUT2D eigenvalue weighted by Crippen LogP contribution is -2.55. The lowest BCUT2D eigenvalue weighted by Gasteiger charge is -2.41.